The molecule has 1 rings (SSSR count). The van der Waals surface area contributed by atoms with Gasteiger partial charge in [-0.15, -0.1) is 0 Å². The van der Waals surface area contributed by atoms with Crippen LogP contribution in [0.3, 0.4) is 0 Å². The summed E-state index contributed by atoms with van der Waals surface area (Å²) in [7, 11) is 2.36. The first kappa shape index (κ1) is 10.5. The number of likely N-dealkylation sites (tertiary alicyclic amines) is 1. The zero-order valence-corrected chi connectivity index (χ0v) is 7.98. The summed E-state index contributed by atoms with van der Waals surface area (Å²) in [4.78, 5) is 34.3. The first-order valence-electron chi connectivity index (χ1n) is 4.08. The number of esters is 2. The van der Waals surface area contributed by atoms with Gasteiger partial charge < -0.3 is 14.4 Å². The summed E-state index contributed by atoms with van der Waals surface area (Å²) >= 11 is 0. The SMILES string of the molecule is COC(=O)C(=O)N1CCC1C(=O)OC. The maximum absolute atomic E-state index is 11.2. The molecule has 0 saturated carbocycles. The van der Waals surface area contributed by atoms with Gasteiger partial charge in [0.2, 0.25) is 0 Å². The lowest BCUT2D eigenvalue weighted by atomic mass is 10.0. The highest BCUT2D eigenvalue weighted by Crippen LogP contribution is 2.18. The van der Waals surface area contributed by atoms with Crippen LogP contribution in [0.4, 0.5) is 0 Å². The van der Waals surface area contributed by atoms with E-state index >= 15 is 0 Å². The molecule has 1 unspecified atom stereocenters. The number of ether oxygens (including phenoxy) is 2. The third kappa shape index (κ3) is 1.68. The number of hydrogen-bond acceptors (Lipinski definition) is 5. The van der Waals surface area contributed by atoms with Gasteiger partial charge in [0.25, 0.3) is 0 Å². The molecule has 0 radical (unpaired) electrons. The summed E-state index contributed by atoms with van der Waals surface area (Å²) in [6, 6.07) is -0.633. The number of nitrogens with zero attached hydrogens (tertiary/aromatic N) is 1. The third-order valence-electron chi connectivity index (χ3n) is 2.11. The Labute approximate surface area is 80.8 Å². The number of hydrogen-bond donors (Lipinski definition) is 0. The second-order valence-corrected chi connectivity index (χ2v) is 2.82. The molecule has 6 nitrogen and oxygen atoms in total. The molecule has 78 valence electrons. The van der Waals surface area contributed by atoms with E-state index in [0.717, 1.165) is 12.0 Å². The topological polar surface area (TPSA) is 72.9 Å². The summed E-state index contributed by atoms with van der Waals surface area (Å²) < 4.78 is 8.71. The quantitative estimate of drug-likeness (QED) is 0.399. The maximum Gasteiger partial charge on any atom is 0.396 e. The fourth-order valence-electron chi connectivity index (χ4n) is 1.22. The van der Waals surface area contributed by atoms with Crippen LogP contribution >= 0.6 is 0 Å². The highest BCUT2D eigenvalue weighted by molar-refractivity contribution is 6.33. The third-order valence-corrected chi connectivity index (χ3v) is 2.11. The minimum atomic E-state index is -0.960. The summed E-state index contributed by atoms with van der Waals surface area (Å²) in [6.45, 7) is 0.383. The van der Waals surface area contributed by atoms with E-state index in [0.29, 0.717) is 13.0 Å². The van der Waals surface area contributed by atoms with E-state index in [1.54, 1.807) is 0 Å². The molecule has 1 aliphatic heterocycles. The number of methoxy groups -OCH3 is 2. The number of carbonyl (C=O) groups excluding carboxylic acids is 3. The second-order valence-electron chi connectivity index (χ2n) is 2.82. The predicted octanol–water partition coefficient (Wildman–Crippen LogP) is -1.07. The lowest BCUT2D eigenvalue weighted by Crippen LogP contribution is -2.57. The van der Waals surface area contributed by atoms with Crippen molar-refractivity contribution in [2.24, 2.45) is 0 Å². The summed E-state index contributed by atoms with van der Waals surface area (Å²) in [6.07, 6.45) is 0.523. The van der Waals surface area contributed by atoms with Crippen LogP contribution in [-0.4, -0.2) is 49.6 Å². The average Bonchev–Trinajstić information content (AvgIpc) is 2.14. The molecule has 0 aromatic heterocycles. The fourth-order valence-corrected chi connectivity index (χ4v) is 1.22. The van der Waals surface area contributed by atoms with Crippen molar-refractivity contribution in [2.75, 3.05) is 20.8 Å². The van der Waals surface area contributed by atoms with E-state index in [1.807, 2.05) is 0 Å². The van der Waals surface area contributed by atoms with Gasteiger partial charge in [-0.2, -0.15) is 0 Å². The predicted molar refractivity (Wildman–Crippen MR) is 44.2 cm³/mol. The lowest BCUT2D eigenvalue weighted by Gasteiger charge is -2.37. The van der Waals surface area contributed by atoms with Gasteiger partial charge in [-0.3, -0.25) is 4.79 Å². The molecule has 0 N–H and O–H groups in total. The highest BCUT2D eigenvalue weighted by atomic mass is 16.5. The van der Waals surface area contributed by atoms with Crippen LogP contribution in [0.2, 0.25) is 0 Å². The Morgan fingerprint density at radius 3 is 2.21 bits per heavy atom. The Kier molecular flexibility index (Phi) is 3.06. The Morgan fingerprint density at radius 2 is 1.86 bits per heavy atom. The van der Waals surface area contributed by atoms with Gasteiger partial charge in [0.1, 0.15) is 6.04 Å². The van der Waals surface area contributed by atoms with Crippen LogP contribution in [-0.2, 0) is 23.9 Å². The molecular weight excluding hydrogens is 190 g/mol. The molecule has 0 aromatic rings. The minimum Gasteiger partial charge on any atom is -0.467 e. The van der Waals surface area contributed by atoms with Crippen molar-refractivity contribution in [1.29, 1.82) is 0 Å². The number of carbonyl (C=O) groups is 3. The molecule has 6 heteroatoms. The fraction of sp³-hybridized carbons (Fsp3) is 0.625. The standard InChI is InChI=1S/C8H11NO5/c1-13-7(11)5-3-4-9(5)6(10)8(12)14-2/h5H,3-4H2,1-2H3. The first-order chi connectivity index (χ1) is 6.61. The molecule has 1 amide bonds. The van der Waals surface area contributed by atoms with Crippen molar-refractivity contribution in [2.45, 2.75) is 12.5 Å². The lowest BCUT2D eigenvalue weighted by molar-refractivity contribution is -0.168. The van der Waals surface area contributed by atoms with Gasteiger partial charge in [-0.25, -0.2) is 9.59 Å². The largest absolute Gasteiger partial charge is 0.467 e. The van der Waals surface area contributed by atoms with Crippen LogP contribution < -0.4 is 0 Å². The van der Waals surface area contributed by atoms with Crippen molar-refractivity contribution in [3.05, 3.63) is 0 Å². The van der Waals surface area contributed by atoms with E-state index in [1.165, 1.54) is 7.11 Å². The second kappa shape index (κ2) is 4.08. The highest BCUT2D eigenvalue weighted by Gasteiger charge is 2.41. The average molecular weight is 201 g/mol. The Hall–Kier alpha value is -1.59. The molecule has 0 bridgehead atoms. The number of rotatable bonds is 1. The zero-order valence-electron chi connectivity index (χ0n) is 7.98. The van der Waals surface area contributed by atoms with Gasteiger partial charge in [-0.05, 0) is 6.42 Å². The molecular formula is C8H11NO5. The summed E-state index contributed by atoms with van der Waals surface area (Å²) in [5, 5.41) is 0. The summed E-state index contributed by atoms with van der Waals surface area (Å²) in [5.74, 6) is -2.26. The van der Waals surface area contributed by atoms with Crippen LogP contribution in [0, 0.1) is 0 Å². The smallest absolute Gasteiger partial charge is 0.396 e. The van der Waals surface area contributed by atoms with E-state index in [-0.39, 0.29) is 0 Å². The van der Waals surface area contributed by atoms with Crippen molar-refractivity contribution in [3.8, 4) is 0 Å². The Bertz CT molecular complexity index is 275. The molecule has 1 aliphatic rings. The molecule has 1 saturated heterocycles. The monoisotopic (exact) mass is 201 g/mol. The van der Waals surface area contributed by atoms with E-state index in [9.17, 15) is 14.4 Å². The van der Waals surface area contributed by atoms with Gasteiger partial charge in [0.05, 0.1) is 14.2 Å². The normalized spacial score (nSPS) is 19.6. The molecule has 14 heavy (non-hydrogen) atoms. The first-order valence-corrected chi connectivity index (χ1v) is 4.08. The van der Waals surface area contributed by atoms with Crippen molar-refractivity contribution in [1.82, 2.24) is 4.90 Å². The zero-order chi connectivity index (χ0) is 10.7. The Balaban J connectivity index is 2.58. The molecule has 0 aromatic carbocycles. The molecule has 1 fully saturated rings. The molecule has 1 heterocycles. The van der Waals surface area contributed by atoms with Crippen LogP contribution in [0.1, 0.15) is 6.42 Å². The van der Waals surface area contributed by atoms with Gasteiger partial charge in [0, 0.05) is 6.54 Å². The van der Waals surface area contributed by atoms with Crippen molar-refractivity contribution < 1.29 is 23.9 Å². The van der Waals surface area contributed by atoms with Crippen LogP contribution in [0.5, 0.6) is 0 Å². The number of amides is 1. The minimum absolute atomic E-state index is 0.383. The molecule has 0 aliphatic carbocycles. The Morgan fingerprint density at radius 1 is 1.21 bits per heavy atom. The van der Waals surface area contributed by atoms with E-state index in [2.05, 4.69) is 9.47 Å². The van der Waals surface area contributed by atoms with Crippen LogP contribution in [0.15, 0.2) is 0 Å². The molecule has 1 atom stereocenters. The van der Waals surface area contributed by atoms with Gasteiger partial charge in [-0.1, -0.05) is 0 Å². The van der Waals surface area contributed by atoms with E-state index < -0.39 is 23.9 Å². The van der Waals surface area contributed by atoms with Crippen molar-refractivity contribution >= 4 is 17.8 Å². The molecule has 0 spiro atoms. The summed E-state index contributed by atoms with van der Waals surface area (Å²) in [5.41, 5.74) is 0. The van der Waals surface area contributed by atoms with Gasteiger partial charge in [0.15, 0.2) is 0 Å². The maximum atomic E-state index is 11.2. The van der Waals surface area contributed by atoms with Gasteiger partial charge >= 0.3 is 17.8 Å². The van der Waals surface area contributed by atoms with Crippen molar-refractivity contribution in [3.63, 3.8) is 0 Å². The van der Waals surface area contributed by atoms with E-state index in [4.69, 9.17) is 0 Å². The van der Waals surface area contributed by atoms with Crippen LogP contribution in [0.25, 0.3) is 0 Å².